The largest absolute Gasteiger partial charge is 0.394 e. The molecule has 0 aliphatic heterocycles. The van der Waals surface area contributed by atoms with Gasteiger partial charge in [-0.3, -0.25) is 4.68 Å². The average molecular weight is 386 g/mol. The van der Waals surface area contributed by atoms with E-state index in [-0.39, 0.29) is 37.3 Å². The number of hydrogen-bond donors (Lipinski definition) is 2. The lowest BCUT2D eigenvalue weighted by atomic mass is 10.3. The van der Waals surface area contributed by atoms with Crippen molar-refractivity contribution in [2.75, 3.05) is 26.4 Å². The second-order valence-corrected chi connectivity index (χ2v) is 8.65. The predicted octanol–water partition coefficient (Wildman–Crippen LogP) is 2.01. The number of rotatable bonds is 9. The van der Waals surface area contributed by atoms with Gasteiger partial charge in [-0.1, -0.05) is 18.9 Å². The Morgan fingerprint density at radius 2 is 2.16 bits per heavy atom. The minimum absolute atomic E-state index is 0.0799. The monoisotopic (exact) mass is 385 g/mol. The first-order valence-electron chi connectivity index (χ1n) is 8.43. The van der Waals surface area contributed by atoms with Crippen molar-refractivity contribution in [3.63, 3.8) is 0 Å². The summed E-state index contributed by atoms with van der Waals surface area (Å²) < 4.78 is 35.0. The molecule has 0 radical (unpaired) electrons. The Balaban J connectivity index is 1.82. The number of aliphatic hydroxyl groups is 1. The molecule has 1 fully saturated rings. The molecule has 0 aromatic carbocycles. The third-order valence-corrected chi connectivity index (χ3v) is 6.55. The Kier molecular flexibility index (Phi) is 6.24. The molecular formula is C16H23N3O4S2. The Hall–Kier alpha value is -1.26. The summed E-state index contributed by atoms with van der Waals surface area (Å²) in [4.78, 5) is 1.05. The molecule has 0 bridgehead atoms. The molecular weight excluding hydrogens is 362 g/mol. The van der Waals surface area contributed by atoms with Crippen LogP contribution in [0, 0.1) is 0 Å². The highest BCUT2D eigenvalue weighted by Gasteiger charge is 2.27. The van der Waals surface area contributed by atoms with Gasteiger partial charge in [0, 0.05) is 12.7 Å². The molecule has 0 atom stereocenters. The summed E-state index contributed by atoms with van der Waals surface area (Å²) in [5.74, 6) is 0. The van der Waals surface area contributed by atoms with Gasteiger partial charge < -0.3 is 9.84 Å². The normalized spacial score (nSPS) is 15.9. The average Bonchev–Trinajstić information content (AvgIpc) is 3.33. The Labute approximate surface area is 151 Å². The SMILES string of the molecule is O=S(=O)(NCCOCCO)c1cn(C2CCCC2)nc1-c1cccs1. The van der Waals surface area contributed by atoms with Crippen LogP contribution in [0.5, 0.6) is 0 Å². The fourth-order valence-electron chi connectivity index (χ4n) is 3.00. The van der Waals surface area contributed by atoms with E-state index in [1.807, 2.05) is 22.2 Å². The molecule has 0 unspecified atom stereocenters. The van der Waals surface area contributed by atoms with Crippen molar-refractivity contribution < 1.29 is 18.3 Å². The lowest BCUT2D eigenvalue weighted by Gasteiger charge is -2.08. The van der Waals surface area contributed by atoms with E-state index in [1.54, 1.807) is 6.20 Å². The lowest BCUT2D eigenvalue weighted by Crippen LogP contribution is -2.28. The third-order valence-electron chi connectivity index (χ3n) is 4.22. The van der Waals surface area contributed by atoms with E-state index in [0.29, 0.717) is 5.69 Å². The number of hydrogen-bond acceptors (Lipinski definition) is 6. The maximum absolute atomic E-state index is 12.7. The number of aliphatic hydroxyl groups excluding tert-OH is 1. The van der Waals surface area contributed by atoms with Crippen molar-refractivity contribution in [3.05, 3.63) is 23.7 Å². The number of nitrogens with one attached hydrogen (secondary N) is 1. The van der Waals surface area contributed by atoms with Crippen molar-refractivity contribution in [2.24, 2.45) is 0 Å². The van der Waals surface area contributed by atoms with Gasteiger partial charge in [0.05, 0.1) is 30.7 Å². The maximum Gasteiger partial charge on any atom is 0.244 e. The number of thiophene rings is 1. The smallest absolute Gasteiger partial charge is 0.244 e. The van der Waals surface area contributed by atoms with Crippen LogP contribution in [0.4, 0.5) is 0 Å². The zero-order valence-corrected chi connectivity index (χ0v) is 15.6. The lowest BCUT2D eigenvalue weighted by molar-refractivity contribution is 0.0961. The molecule has 2 aromatic heterocycles. The van der Waals surface area contributed by atoms with E-state index >= 15 is 0 Å². The summed E-state index contributed by atoms with van der Waals surface area (Å²) in [6.45, 7) is 0.483. The van der Waals surface area contributed by atoms with Gasteiger partial charge in [0.1, 0.15) is 10.6 Å². The maximum atomic E-state index is 12.7. The van der Waals surface area contributed by atoms with E-state index in [4.69, 9.17) is 9.84 Å². The highest BCUT2D eigenvalue weighted by molar-refractivity contribution is 7.89. The van der Waals surface area contributed by atoms with Crippen LogP contribution in [0.15, 0.2) is 28.6 Å². The van der Waals surface area contributed by atoms with Crippen molar-refractivity contribution >= 4 is 21.4 Å². The fourth-order valence-corrected chi connectivity index (χ4v) is 4.95. The summed E-state index contributed by atoms with van der Waals surface area (Å²) >= 11 is 1.48. The molecule has 2 N–H and O–H groups in total. The zero-order valence-electron chi connectivity index (χ0n) is 13.9. The van der Waals surface area contributed by atoms with E-state index in [2.05, 4.69) is 9.82 Å². The number of ether oxygens (including phenoxy) is 1. The van der Waals surface area contributed by atoms with E-state index in [1.165, 1.54) is 11.3 Å². The van der Waals surface area contributed by atoms with Gasteiger partial charge in [0.2, 0.25) is 10.0 Å². The standard InChI is InChI=1S/C16H23N3O4S2/c20-8-10-23-9-7-17-25(21,22)15-12-19(13-4-1-2-5-13)18-16(15)14-6-3-11-24-14/h3,6,11-13,17,20H,1-2,4-5,7-10H2. The molecule has 0 spiro atoms. The van der Waals surface area contributed by atoms with Gasteiger partial charge in [-0.05, 0) is 24.3 Å². The van der Waals surface area contributed by atoms with Crippen LogP contribution in [0.3, 0.4) is 0 Å². The summed E-state index contributed by atoms with van der Waals surface area (Å²) in [5, 5.41) is 15.2. The van der Waals surface area contributed by atoms with Crippen LogP contribution < -0.4 is 4.72 Å². The van der Waals surface area contributed by atoms with Gasteiger partial charge in [-0.2, -0.15) is 5.10 Å². The number of sulfonamides is 1. The van der Waals surface area contributed by atoms with Crippen LogP contribution in [0.25, 0.3) is 10.6 Å². The second kappa shape index (κ2) is 8.41. The van der Waals surface area contributed by atoms with E-state index in [9.17, 15) is 8.42 Å². The number of nitrogens with zero attached hydrogens (tertiary/aromatic N) is 2. The zero-order chi connectivity index (χ0) is 17.7. The number of aromatic nitrogens is 2. The molecule has 0 saturated heterocycles. The minimum atomic E-state index is -3.68. The highest BCUT2D eigenvalue weighted by Crippen LogP contribution is 2.34. The molecule has 25 heavy (non-hydrogen) atoms. The van der Waals surface area contributed by atoms with Crippen molar-refractivity contribution in [2.45, 2.75) is 36.6 Å². The molecule has 7 nitrogen and oxygen atoms in total. The molecule has 1 aliphatic carbocycles. The van der Waals surface area contributed by atoms with Gasteiger partial charge in [0.15, 0.2) is 0 Å². The molecule has 2 heterocycles. The minimum Gasteiger partial charge on any atom is -0.394 e. The van der Waals surface area contributed by atoms with Crippen LogP contribution in [-0.4, -0.2) is 49.7 Å². The molecule has 138 valence electrons. The first kappa shape index (κ1) is 18.5. The third kappa shape index (κ3) is 4.48. The van der Waals surface area contributed by atoms with Crippen LogP contribution in [-0.2, 0) is 14.8 Å². The summed E-state index contributed by atoms with van der Waals surface area (Å²) in [6, 6.07) is 4.05. The quantitative estimate of drug-likeness (QED) is 0.644. The first-order chi connectivity index (χ1) is 12.1. The van der Waals surface area contributed by atoms with Gasteiger partial charge >= 0.3 is 0 Å². The summed E-state index contributed by atoms with van der Waals surface area (Å²) in [7, 11) is -3.68. The Bertz CT molecular complexity index is 765. The first-order valence-corrected chi connectivity index (χ1v) is 10.8. The summed E-state index contributed by atoms with van der Waals surface area (Å²) in [6.07, 6.45) is 6.03. The van der Waals surface area contributed by atoms with Crippen LogP contribution in [0.1, 0.15) is 31.7 Å². The van der Waals surface area contributed by atoms with Crippen molar-refractivity contribution in [1.29, 1.82) is 0 Å². The topological polar surface area (TPSA) is 93.5 Å². The second-order valence-electron chi connectivity index (χ2n) is 5.97. The fraction of sp³-hybridized carbons (Fsp3) is 0.562. The predicted molar refractivity (Wildman–Crippen MR) is 96.1 cm³/mol. The Morgan fingerprint density at radius 3 is 2.84 bits per heavy atom. The molecule has 0 amide bonds. The van der Waals surface area contributed by atoms with E-state index < -0.39 is 10.0 Å². The Morgan fingerprint density at radius 1 is 1.36 bits per heavy atom. The molecule has 1 aliphatic rings. The molecule has 9 heteroatoms. The molecule has 1 saturated carbocycles. The van der Waals surface area contributed by atoms with Gasteiger partial charge in [0.25, 0.3) is 0 Å². The van der Waals surface area contributed by atoms with Crippen LogP contribution >= 0.6 is 11.3 Å². The molecule has 2 aromatic rings. The molecule has 3 rings (SSSR count). The summed E-state index contributed by atoms with van der Waals surface area (Å²) in [5.41, 5.74) is 0.505. The van der Waals surface area contributed by atoms with Crippen molar-refractivity contribution in [1.82, 2.24) is 14.5 Å². The van der Waals surface area contributed by atoms with Crippen molar-refractivity contribution in [3.8, 4) is 10.6 Å². The van der Waals surface area contributed by atoms with Gasteiger partial charge in [-0.15, -0.1) is 11.3 Å². The van der Waals surface area contributed by atoms with E-state index in [0.717, 1.165) is 30.6 Å². The highest BCUT2D eigenvalue weighted by atomic mass is 32.2. The van der Waals surface area contributed by atoms with Gasteiger partial charge in [-0.25, -0.2) is 13.1 Å². The van der Waals surface area contributed by atoms with Crippen LogP contribution in [0.2, 0.25) is 0 Å².